The fourth-order valence-electron chi connectivity index (χ4n) is 2.06. The Hall–Kier alpha value is -2.28. The van der Waals surface area contributed by atoms with Crippen LogP contribution in [0, 0.1) is 11.7 Å². The molecule has 0 spiro atoms. The third kappa shape index (κ3) is 4.85. The van der Waals surface area contributed by atoms with Crippen LogP contribution in [0.5, 0.6) is 0 Å². The lowest BCUT2D eigenvalue weighted by atomic mass is 10.0. The molecule has 1 aromatic heterocycles. The number of halogens is 1. The standard InChI is InChI=1S/C16H21FN4O2/c1-3-11(2)15(22)8-18-16(23)14-10-21(20-19-14)9-12-5-4-6-13(17)7-12/h4-7,10-11,15,22H,3,8-9H2,1-2H3,(H,18,23). The highest BCUT2D eigenvalue weighted by atomic mass is 19.1. The summed E-state index contributed by atoms with van der Waals surface area (Å²) in [5.74, 6) is -0.601. The number of nitrogens with one attached hydrogen (secondary N) is 1. The van der Waals surface area contributed by atoms with Crippen molar-refractivity contribution in [2.45, 2.75) is 32.9 Å². The summed E-state index contributed by atoms with van der Waals surface area (Å²) in [6.07, 6.45) is 1.74. The maximum atomic E-state index is 13.1. The van der Waals surface area contributed by atoms with E-state index in [0.717, 1.165) is 12.0 Å². The summed E-state index contributed by atoms with van der Waals surface area (Å²) in [7, 11) is 0. The summed E-state index contributed by atoms with van der Waals surface area (Å²) < 4.78 is 14.6. The molecular weight excluding hydrogens is 299 g/mol. The summed E-state index contributed by atoms with van der Waals surface area (Å²) >= 11 is 0. The van der Waals surface area contributed by atoms with Crippen molar-refractivity contribution in [2.24, 2.45) is 5.92 Å². The number of hydrogen-bond donors (Lipinski definition) is 2. The van der Waals surface area contributed by atoms with Gasteiger partial charge in [-0.1, -0.05) is 37.6 Å². The van der Waals surface area contributed by atoms with Crippen LogP contribution >= 0.6 is 0 Å². The minimum absolute atomic E-state index is 0.110. The van der Waals surface area contributed by atoms with Gasteiger partial charge in [0.05, 0.1) is 18.8 Å². The summed E-state index contributed by atoms with van der Waals surface area (Å²) in [4.78, 5) is 12.0. The van der Waals surface area contributed by atoms with Crippen LogP contribution in [0.2, 0.25) is 0 Å². The molecule has 0 fully saturated rings. The van der Waals surface area contributed by atoms with Crippen LogP contribution in [0.15, 0.2) is 30.5 Å². The molecule has 2 unspecified atom stereocenters. The second-order valence-electron chi connectivity index (χ2n) is 5.59. The Labute approximate surface area is 134 Å². The average molecular weight is 320 g/mol. The molecule has 1 aromatic carbocycles. The van der Waals surface area contributed by atoms with Gasteiger partial charge in [-0.3, -0.25) is 4.79 Å². The zero-order chi connectivity index (χ0) is 16.8. The molecule has 2 aromatic rings. The first-order valence-corrected chi connectivity index (χ1v) is 7.60. The minimum atomic E-state index is -0.591. The largest absolute Gasteiger partial charge is 0.391 e. The quantitative estimate of drug-likeness (QED) is 0.812. The van der Waals surface area contributed by atoms with Gasteiger partial charge in [-0.05, 0) is 23.6 Å². The Morgan fingerprint density at radius 2 is 2.26 bits per heavy atom. The number of aliphatic hydroxyl groups excluding tert-OH is 1. The molecule has 0 aliphatic rings. The monoisotopic (exact) mass is 320 g/mol. The van der Waals surface area contributed by atoms with E-state index in [9.17, 15) is 14.3 Å². The van der Waals surface area contributed by atoms with Gasteiger partial charge in [-0.25, -0.2) is 9.07 Å². The van der Waals surface area contributed by atoms with Crippen molar-refractivity contribution in [1.29, 1.82) is 0 Å². The lowest BCUT2D eigenvalue weighted by molar-refractivity contribution is 0.0846. The fraction of sp³-hybridized carbons (Fsp3) is 0.438. The number of rotatable bonds is 7. The molecule has 2 atom stereocenters. The van der Waals surface area contributed by atoms with E-state index in [4.69, 9.17) is 0 Å². The van der Waals surface area contributed by atoms with Crippen LogP contribution < -0.4 is 5.32 Å². The first-order chi connectivity index (χ1) is 11.0. The Balaban J connectivity index is 1.92. The highest BCUT2D eigenvalue weighted by Crippen LogP contribution is 2.07. The van der Waals surface area contributed by atoms with Gasteiger partial charge < -0.3 is 10.4 Å². The number of nitrogens with zero attached hydrogens (tertiary/aromatic N) is 3. The van der Waals surface area contributed by atoms with Crippen LogP contribution in [0.4, 0.5) is 4.39 Å². The number of aromatic nitrogens is 3. The highest BCUT2D eigenvalue weighted by molar-refractivity contribution is 5.91. The van der Waals surface area contributed by atoms with E-state index < -0.39 is 12.0 Å². The van der Waals surface area contributed by atoms with Crippen molar-refractivity contribution in [3.8, 4) is 0 Å². The number of carbonyl (C=O) groups excluding carboxylic acids is 1. The molecule has 0 radical (unpaired) electrons. The Kier molecular flexibility index (Phi) is 5.81. The van der Waals surface area contributed by atoms with Gasteiger partial charge in [0.1, 0.15) is 5.82 Å². The predicted molar refractivity (Wildman–Crippen MR) is 83.3 cm³/mol. The molecule has 23 heavy (non-hydrogen) atoms. The van der Waals surface area contributed by atoms with Crippen molar-refractivity contribution in [1.82, 2.24) is 20.3 Å². The Morgan fingerprint density at radius 3 is 2.96 bits per heavy atom. The Bertz CT molecular complexity index is 659. The predicted octanol–water partition coefficient (Wildman–Crippen LogP) is 1.60. The van der Waals surface area contributed by atoms with E-state index in [1.165, 1.54) is 23.0 Å². The fourth-order valence-corrected chi connectivity index (χ4v) is 2.06. The van der Waals surface area contributed by atoms with Crippen molar-refractivity contribution >= 4 is 5.91 Å². The second kappa shape index (κ2) is 7.82. The molecule has 2 N–H and O–H groups in total. The third-order valence-corrected chi connectivity index (χ3v) is 3.78. The lowest BCUT2D eigenvalue weighted by Gasteiger charge is -2.16. The molecule has 0 bridgehead atoms. The van der Waals surface area contributed by atoms with Gasteiger partial charge in [0.2, 0.25) is 0 Å². The number of carbonyl (C=O) groups is 1. The molecule has 0 saturated heterocycles. The topological polar surface area (TPSA) is 80.0 Å². The maximum Gasteiger partial charge on any atom is 0.273 e. The van der Waals surface area contributed by atoms with Crippen molar-refractivity contribution in [3.05, 3.63) is 47.5 Å². The number of amides is 1. The van der Waals surface area contributed by atoms with E-state index in [2.05, 4.69) is 15.6 Å². The second-order valence-corrected chi connectivity index (χ2v) is 5.59. The van der Waals surface area contributed by atoms with E-state index in [1.54, 1.807) is 12.1 Å². The summed E-state index contributed by atoms with van der Waals surface area (Å²) in [6.45, 7) is 4.40. The van der Waals surface area contributed by atoms with Gasteiger partial charge in [-0.15, -0.1) is 5.10 Å². The van der Waals surface area contributed by atoms with E-state index in [1.807, 2.05) is 13.8 Å². The van der Waals surface area contributed by atoms with Crippen LogP contribution in [0.1, 0.15) is 36.3 Å². The summed E-state index contributed by atoms with van der Waals surface area (Å²) in [5.41, 5.74) is 0.895. The zero-order valence-electron chi connectivity index (χ0n) is 13.2. The molecule has 124 valence electrons. The molecule has 1 heterocycles. The Morgan fingerprint density at radius 1 is 1.48 bits per heavy atom. The van der Waals surface area contributed by atoms with Crippen LogP contribution in [-0.2, 0) is 6.54 Å². The number of aliphatic hydroxyl groups is 1. The van der Waals surface area contributed by atoms with Gasteiger partial charge in [0.25, 0.3) is 5.91 Å². The van der Waals surface area contributed by atoms with Crippen molar-refractivity contribution in [3.63, 3.8) is 0 Å². The summed E-state index contributed by atoms with van der Waals surface area (Å²) in [6, 6.07) is 6.16. The molecule has 0 saturated carbocycles. The normalized spacial score (nSPS) is 13.6. The molecule has 6 nitrogen and oxygen atoms in total. The lowest BCUT2D eigenvalue weighted by Crippen LogP contribution is -2.35. The van der Waals surface area contributed by atoms with Crippen molar-refractivity contribution < 1.29 is 14.3 Å². The first-order valence-electron chi connectivity index (χ1n) is 7.60. The van der Waals surface area contributed by atoms with Gasteiger partial charge in [0.15, 0.2) is 5.69 Å². The van der Waals surface area contributed by atoms with Gasteiger partial charge >= 0.3 is 0 Å². The highest BCUT2D eigenvalue weighted by Gasteiger charge is 2.16. The van der Waals surface area contributed by atoms with Crippen LogP contribution in [0.25, 0.3) is 0 Å². The average Bonchev–Trinajstić information content (AvgIpc) is 3.00. The molecule has 1 amide bonds. The third-order valence-electron chi connectivity index (χ3n) is 3.78. The smallest absolute Gasteiger partial charge is 0.273 e. The number of benzene rings is 1. The molecular formula is C16H21FN4O2. The zero-order valence-corrected chi connectivity index (χ0v) is 13.2. The minimum Gasteiger partial charge on any atom is -0.391 e. The van der Waals surface area contributed by atoms with Crippen molar-refractivity contribution in [2.75, 3.05) is 6.54 Å². The van der Waals surface area contributed by atoms with Gasteiger partial charge in [0, 0.05) is 6.54 Å². The van der Waals surface area contributed by atoms with Crippen LogP contribution in [0.3, 0.4) is 0 Å². The van der Waals surface area contributed by atoms with Crippen LogP contribution in [-0.4, -0.2) is 38.7 Å². The van der Waals surface area contributed by atoms with E-state index >= 15 is 0 Å². The van der Waals surface area contributed by atoms with E-state index in [0.29, 0.717) is 6.54 Å². The summed E-state index contributed by atoms with van der Waals surface area (Å²) in [5, 5.41) is 20.1. The molecule has 0 aliphatic carbocycles. The molecule has 0 aliphatic heterocycles. The van der Waals surface area contributed by atoms with E-state index in [-0.39, 0.29) is 24.0 Å². The maximum absolute atomic E-state index is 13.1. The first kappa shape index (κ1) is 17.1. The SMILES string of the molecule is CCC(C)C(O)CNC(=O)c1cn(Cc2cccc(F)c2)nn1. The number of hydrogen-bond acceptors (Lipinski definition) is 4. The molecule has 2 rings (SSSR count). The molecule has 7 heteroatoms. The van der Waals surface area contributed by atoms with Gasteiger partial charge in [-0.2, -0.15) is 0 Å².